The van der Waals surface area contributed by atoms with Gasteiger partial charge in [-0.05, 0) is 19.4 Å². The lowest BCUT2D eigenvalue weighted by atomic mass is 10.2. The molecule has 0 bridgehead atoms. The zero-order valence-corrected chi connectivity index (χ0v) is 6.52. The van der Waals surface area contributed by atoms with Gasteiger partial charge in [0.1, 0.15) is 5.83 Å². The SMILES string of the molecule is C=C(F)C=CC=C(C)CC. The lowest BCUT2D eigenvalue weighted by Gasteiger charge is -1.87. The molecule has 0 nitrogen and oxygen atoms in total. The topological polar surface area (TPSA) is 0 Å². The fourth-order valence-electron chi connectivity index (χ4n) is 0.435. The van der Waals surface area contributed by atoms with Gasteiger partial charge in [-0.15, -0.1) is 0 Å². The Hall–Kier alpha value is -0.850. The van der Waals surface area contributed by atoms with Gasteiger partial charge in [0.2, 0.25) is 0 Å². The molecule has 0 unspecified atom stereocenters. The molecular formula is C9H13F. The summed E-state index contributed by atoms with van der Waals surface area (Å²) in [5.74, 6) is -0.403. The smallest absolute Gasteiger partial charge is 0.116 e. The minimum atomic E-state index is -0.403. The Morgan fingerprint density at radius 3 is 2.60 bits per heavy atom. The average Bonchev–Trinajstić information content (AvgIpc) is 1.87. The van der Waals surface area contributed by atoms with E-state index in [0.717, 1.165) is 6.42 Å². The van der Waals surface area contributed by atoms with Gasteiger partial charge in [-0.2, -0.15) is 0 Å². The summed E-state index contributed by atoms with van der Waals surface area (Å²) in [7, 11) is 0. The Labute approximate surface area is 61.8 Å². The maximum absolute atomic E-state index is 11.9. The molecule has 0 radical (unpaired) electrons. The Balaban J connectivity index is 3.82. The van der Waals surface area contributed by atoms with Gasteiger partial charge in [0.25, 0.3) is 0 Å². The molecule has 0 aliphatic carbocycles. The van der Waals surface area contributed by atoms with Crippen LogP contribution in [0.3, 0.4) is 0 Å². The van der Waals surface area contributed by atoms with Gasteiger partial charge in [0, 0.05) is 0 Å². The largest absolute Gasteiger partial charge is 0.208 e. The summed E-state index contributed by atoms with van der Waals surface area (Å²) in [5.41, 5.74) is 1.23. The summed E-state index contributed by atoms with van der Waals surface area (Å²) < 4.78 is 11.9. The Bertz CT molecular complexity index is 164. The minimum absolute atomic E-state index is 0.403. The molecule has 10 heavy (non-hydrogen) atoms. The summed E-state index contributed by atoms with van der Waals surface area (Å²) in [6.07, 6.45) is 5.90. The van der Waals surface area contributed by atoms with Crippen molar-refractivity contribution in [2.24, 2.45) is 0 Å². The third-order valence-corrected chi connectivity index (χ3v) is 1.22. The standard InChI is InChI=1S/C9H13F/c1-4-8(2)6-5-7-9(3)10/h5-7H,3-4H2,1-2H3. The molecule has 0 saturated carbocycles. The predicted molar refractivity (Wildman–Crippen MR) is 43.4 cm³/mol. The minimum Gasteiger partial charge on any atom is -0.208 e. The molecule has 0 aromatic heterocycles. The quantitative estimate of drug-likeness (QED) is 0.527. The van der Waals surface area contributed by atoms with Crippen LogP contribution in [0.15, 0.2) is 36.2 Å². The summed E-state index contributed by atoms with van der Waals surface area (Å²) in [6.45, 7) is 7.16. The highest BCUT2D eigenvalue weighted by atomic mass is 19.1. The number of allylic oxidation sites excluding steroid dienone is 5. The van der Waals surface area contributed by atoms with Crippen molar-refractivity contribution in [1.29, 1.82) is 0 Å². The van der Waals surface area contributed by atoms with E-state index in [2.05, 4.69) is 13.5 Å². The predicted octanol–water partition coefficient (Wildman–Crippen LogP) is 3.38. The number of halogens is 1. The average molecular weight is 140 g/mol. The highest BCUT2D eigenvalue weighted by Gasteiger charge is 1.79. The first-order valence-electron chi connectivity index (χ1n) is 3.35. The molecule has 0 N–H and O–H groups in total. The maximum atomic E-state index is 11.9. The Morgan fingerprint density at radius 1 is 1.60 bits per heavy atom. The lowest BCUT2D eigenvalue weighted by Crippen LogP contribution is -1.67. The van der Waals surface area contributed by atoms with Crippen LogP contribution in [-0.2, 0) is 0 Å². The van der Waals surface area contributed by atoms with E-state index in [0.29, 0.717) is 0 Å². The van der Waals surface area contributed by atoms with Crippen LogP contribution >= 0.6 is 0 Å². The Morgan fingerprint density at radius 2 is 2.20 bits per heavy atom. The van der Waals surface area contributed by atoms with E-state index >= 15 is 0 Å². The first-order chi connectivity index (χ1) is 4.66. The molecule has 0 aromatic rings. The third-order valence-electron chi connectivity index (χ3n) is 1.22. The van der Waals surface area contributed by atoms with Crippen molar-refractivity contribution < 1.29 is 4.39 Å². The van der Waals surface area contributed by atoms with Gasteiger partial charge in [0.05, 0.1) is 0 Å². The van der Waals surface area contributed by atoms with Crippen molar-refractivity contribution in [3.63, 3.8) is 0 Å². The number of rotatable bonds is 3. The molecule has 0 aromatic carbocycles. The van der Waals surface area contributed by atoms with Gasteiger partial charge in [-0.3, -0.25) is 0 Å². The number of hydrogen-bond acceptors (Lipinski definition) is 0. The molecule has 0 amide bonds. The second-order valence-electron chi connectivity index (χ2n) is 2.17. The van der Waals surface area contributed by atoms with Crippen LogP contribution in [0.4, 0.5) is 4.39 Å². The van der Waals surface area contributed by atoms with Gasteiger partial charge in [0.15, 0.2) is 0 Å². The van der Waals surface area contributed by atoms with Crippen LogP contribution in [0, 0.1) is 0 Å². The second kappa shape index (κ2) is 4.98. The molecule has 1 heteroatoms. The van der Waals surface area contributed by atoms with Gasteiger partial charge >= 0.3 is 0 Å². The fourth-order valence-corrected chi connectivity index (χ4v) is 0.435. The highest BCUT2D eigenvalue weighted by molar-refractivity contribution is 5.16. The van der Waals surface area contributed by atoms with Crippen molar-refractivity contribution in [2.45, 2.75) is 20.3 Å². The van der Waals surface area contributed by atoms with Crippen molar-refractivity contribution in [2.75, 3.05) is 0 Å². The van der Waals surface area contributed by atoms with Gasteiger partial charge < -0.3 is 0 Å². The molecule has 0 heterocycles. The van der Waals surface area contributed by atoms with E-state index in [4.69, 9.17) is 0 Å². The molecule has 0 aliphatic rings. The zero-order chi connectivity index (χ0) is 7.98. The highest BCUT2D eigenvalue weighted by Crippen LogP contribution is 1.99. The monoisotopic (exact) mass is 140 g/mol. The molecule has 0 rings (SSSR count). The summed E-state index contributed by atoms with van der Waals surface area (Å²) in [6, 6.07) is 0. The zero-order valence-electron chi connectivity index (χ0n) is 6.52. The van der Waals surface area contributed by atoms with Crippen LogP contribution in [0.5, 0.6) is 0 Å². The lowest BCUT2D eigenvalue weighted by molar-refractivity contribution is 0.671. The van der Waals surface area contributed by atoms with Crippen molar-refractivity contribution in [3.8, 4) is 0 Å². The van der Waals surface area contributed by atoms with E-state index in [1.807, 2.05) is 13.0 Å². The summed E-state index contributed by atoms with van der Waals surface area (Å²) in [5, 5.41) is 0. The van der Waals surface area contributed by atoms with Crippen LogP contribution in [0.1, 0.15) is 20.3 Å². The van der Waals surface area contributed by atoms with Crippen LogP contribution in [0.25, 0.3) is 0 Å². The molecule has 0 atom stereocenters. The van der Waals surface area contributed by atoms with E-state index in [-0.39, 0.29) is 0 Å². The van der Waals surface area contributed by atoms with Crippen molar-refractivity contribution in [1.82, 2.24) is 0 Å². The molecule has 0 fully saturated rings. The Kier molecular flexibility index (Phi) is 4.55. The van der Waals surface area contributed by atoms with Gasteiger partial charge in [-0.25, -0.2) is 4.39 Å². The van der Waals surface area contributed by atoms with Crippen LogP contribution in [0.2, 0.25) is 0 Å². The van der Waals surface area contributed by atoms with Crippen LogP contribution in [-0.4, -0.2) is 0 Å². The van der Waals surface area contributed by atoms with E-state index in [1.165, 1.54) is 11.6 Å². The second-order valence-corrected chi connectivity index (χ2v) is 2.17. The molecule has 0 aliphatic heterocycles. The molecule has 56 valence electrons. The third kappa shape index (κ3) is 5.29. The summed E-state index contributed by atoms with van der Waals surface area (Å²) in [4.78, 5) is 0. The van der Waals surface area contributed by atoms with E-state index in [9.17, 15) is 4.39 Å². The van der Waals surface area contributed by atoms with E-state index in [1.54, 1.807) is 6.08 Å². The van der Waals surface area contributed by atoms with Gasteiger partial charge in [-0.1, -0.05) is 31.2 Å². The molecular weight excluding hydrogens is 127 g/mol. The number of hydrogen-bond donors (Lipinski definition) is 0. The molecule has 0 spiro atoms. The fraction of sp³-hybridized carbons (Fsp3) is 0.333. The normalized spacial score (nSPS) is 12.5. The van der Waals surface area contributed by atoms with E-state index < -0.39 is 5.83 Å². The maximum Gasteiger partial charge on any atom is 0.116 e. The van der Waals surface area contributed by atoms with Crippen molar-refractivity contribution >= 4 is 0 Å². The van der Waals surface area contributed by atoms with Crippen molar-refractivity contribution in [3.05, 3.63) is 36.2 Å². The van der Waals surface area contributed by atoms with Crippen LogP contribution < -0.4 is 0 Å². The first kappa shape index (κ1) is 9.15. The summed E-state index contributed by atoms with van der Waals surface area (Å²) >= 11 is 0. The molecule has 0 saturated heterocycles. The first-order valence-corrected chi connectivity index (χ1v) is 3.35.